The molecule has 68 valence electrons. The van der Waals surface area contributed by atoms with Gasteiger partial charge in [0, 0.05) is 30.4 Å². The Morgan fingerprint density at radius 1 is 1.31 bits per heavy atom. The van der Waals surface area contributed by atoms with Gasteiger partial charge < -0.3 is 5.11 Å². The first-order valence-corrected chi connectivity index (χ1v) is 4.79. The first-order valence-electron chi connectivity index (χ1n) is 2.91. The van der Waals surface area contributed by atoms with E-state index in [2.05, 4.69) is 12.6 Å². The first kappa shape index (κ1) is 12.9. The Balaban J connectivity index is 0.00000144. The Morgan fingerprint density at radius 3 is 2.23 bits per heavy atom. The summed E-state index contributed by atoms with van der Waals surface area (Å²) >= 11 is 3.81. The maximum atomic E-state index is 10.5. The van der Waals surface area contributed by atoms with Crippen molar-refractivity contribution in [2.45, 2.75) is 9.79 Å². The summed E-state index contributed by atoms with van der Waals surface area (Å²) in [6.45, 7) is 0. The third-order valence-electron chi connectivity index (χ3n) is 1.24. The number of phenolic OH excluding ortho intramolecular Hbond substituents is 1. The molecule has 0 aliphatic heterocycles. The predicted molar refractivity (Wildman–Crippen MR) is 45.2 cm³/mol. The van der Waals surface area contributed by atoms with E-state index in [4.69, 9.17) is 9.66 Å². The molecule has 0 amide bonds. The van der Waals surface area contributed by atoms with Crippen molar-refractivity contribution in [2.75, 3.05) is 0 Å². The van der Waals surface area contributed by atoms with Crippen LogP contribution in [0.4, 0.5) is 0 Å². The SMILES string of the molecule is O=S(=O)(O)c1ccc(S)c(O)c1.[Zn]. The van der Waals surface area contributed by atoms with E-state index in [-0.39, 0.29) is 35.0 Å². The molecule has 0 heterocycles. The molecule has 13 heavy (non-hydrogen) atoms. The van der Waals surface area contributed by atoms with E-state index in [0.717, 1.165) is 12.1 Å². The van der Waals surface area contributed by atoms with Gasteiger partial charge in [-0.15, -0.1) is 12.6 Å². The minimum Gasteiger partial charge on any atom is -0.507 e. The zero-order chi connectivity index (χ0) is 9.35. The van der Waals surface area contributed by atoms with E-state index in [1.807, 2.05) is 0 Å². The molecule has 0 unspecified atom stereocenters. The molecule has 0 atom stereocenters. The molecular weight excluding hydrogens is 266 g/mol. The molecule has 1 aromatic carbocycles. The molecule has 0 bridgehead atoms. The topological polar surface area (TPSA) is 74.6 Å². The van der Waals surface area contributed by atoms with Crippen LogP contribution in [0.5, 0.6) is 5.75 Å². The average molecular weight is 272 g/mol. The van der Waals surface area contributed by atoms with Crippen molar-refractivity contribution in [3.8, 4) is 5.75 Å². The van der Waals surface area contributed by atoms with Crippen molar-refractivity contribution in [2.24, 2.45) is 0 Å². The van der Waals surface area contributed by atoms with Crippen molar-refractivity contribution in [1.29, 1.82) is 0 Å². The molecule has 2 N–H and O–H groups in total. The van der Waals surface area contributed by atoms with Gasteiger partial charge in [0.25, 0.3) is 10.1 Å². The molecule has 0 saturated carbocycles. The fourth-order valence-corrected chi connectivity index (χ4v) is 1.30. The number of phenols is 1. The first-order chi connectivity index (χ1) is 5.41. The minimum atomic E-state index is -4.24. The third-order valence-corrected chi connectivity index (χ3v) is 2.47. The maximum absolute atomic E-state index is 10.5. The van der Waals surface area contributed by atoms with Gasteiger partial charge in [-0.3, -0.25) is 4.55 Å². The van der Waals surface area contributed by atoms with Crippen molar-refractivity contribution in [3.63, 3.8) is 0 Å². The molecule has 1 rings (SSSR count). The largest absolute Gasteiger partial charge is 0.507 e. The van der Waals surface area contributed by atoms with Gasteiger partial charge in [0.1, 0.15) is 5.75 Å². The average Bonchev–Trinajstić information content (AvgIpc) is 1.92. The van der Waals surface area contributed by atoms with Crippen LogP contribution in [-0.2, 0) is 29.6 Å². The molecule has 7 heteroatoms. The summed E-state index contributed by atoms with van der Waals surface area (Å²) < 4.78 is 29.6. The Morgan fingerprint density at radius 2 is 1.85 bits per heavy atom. The summed E-state index contributed by atoms with van der Waals surface area (Å²) in [6, 6.07) is 3.36. The van der Waals surface area contributed by atoms with E-state index in [1.165, 1.54) is 6.07 Å². The normalized spacial score (nSPS) is 10.6. The van der Waals surface area contributed by atoms with E-state index < -0.39 is 10.1 Å². The number of aromatic hydroxyl groups is 1. The van der Waals surface area contributed by atoms with Gasteiger partial charge >= 0.3 is 0 Å². The summed E-state index contributed by atoms with van der Waals surface area (Å²) in [6.07, 6.45) is 0. The van der Waals surface area contributed by atoms with Gasteiger partial charge in [-0.25, -0.2) is 0 Å². The number of hydrogen-bond donors (Lipinski definition) is 3. The van der Waals surface area contributed by atoms with Gasteiger partial charge in [0.2, 0.25) is 0 Å². The van der Waals surface area contributed by atoms with Crippen LogP contribution in [0.15, 0.2) is 28.0 Å². The Hall–Kier alpha value is -0.0966. The van der Waals surface area contributed by atoms with Crippen molar-refractivity contribution in [1.82, 2.24) is 0 Å². The van der Waals surface area contributed by atoms with Crippen LogP contribution in [-0.4, -0.2) is 18.1 Å². The smallest absolute Gasteiger partial charge is 0.294 e. The summed E-state index contributed by atoms with van der Waals surface area (Å²) in [4.78, 5) is -0.0970. The molecule has 4 nitrogen and oxygen atoms in total. The number of rotatable bonds is 1. The molecule has 1 aromatic rings. The Kier molecular flexibility index (Phi) is 4.38. The van der Waals surface area contributed by atoms with Crippen LogP contribution >= 0.6 is 12.6 Å². The fraction of sp³-hybridized carbons (Fsp3) is 0. The molecular formula is C6H6O4S2Zn. The molecule has 0 radical (unpaired) electrons. The Bertz CT molecular complexity index is 401. The molecule has 0 aliphatic carbocycles. The van der Waals surface area contributed by atoms with Crippen LogP contribution in [0, 0.1) is 0 Å². The van der Waals surface area contributed by atoms with Crippen molar-refractivity contribution >= 4 is 22.7 Å². The summed E-state index contributed by atoms with van der Waals surface area (Å²) in [7, 11) is -4.24. The zero-order valence-electron chi connectivity index (χ0n) is 6.51. The van der Waals surface area contributed by atoms with Gasteiger partial charge in [-0.05, 0) is 12.1 Å². The van der Waals surface area contributed by atoms with E-state index in [0.29, 0.717) is 0 Å². The number of thiol groups is 1. The summed E-state index contributed by atoms with van der Waals surface area (Å²) in [5, 5.41) is 9.01. The van der Waals surface area contributed by atoms with E-state index in [9.17, 15) is 8.42 Å². The molecule has 0 aromatic heterocycles. The quantitative estimate of drug-likeness (QED) is 0.403. The second kappa shape index (κ2) is 4.41. The summed E-state index contributed by atoms with van der Waals surface area (Å²) in [5.41, 5.74) is 0. The van der Waals surface area contributed by atoms with Crippen molar-refractivity contribution in [3.05, 3.63) is 18.2 Å². The second-order valence-electron chi connectivity index (χ2n) is 2.13. The van der Waals surface area contributed by atoms with Crippen LogP contribution in [0.25, 0.3) is 0 Å². The fourth-order valence-electron chi connectivity index (χ4n) is 0.664. The summed E-state index contributed by atoms with van der Waals surface area (Å²) in [5.74, 6) is -0.284. The van der Waals surface area contributed by atoms with E-state index in [1.54, 1.807) is 0 Å². The standard InChI is InChI=1S/C6H6O4S2.Zn/c7-5-3-4(12(8,9)10)1-2-6(5)11;/h1-3,7,11H,(H,8,9,10);. The Labute approximate surface area is 93.9 Å². The van der Waals surface area contributed by atoms with Gasteiger partial charge in [-0.2, -0.15) is 8.42 Å². The molecule has 0 fully saturated rings. The molecule has 0 aliphatic rings. The van der Waals surface area contributed by atoms with Crippen LogP contribution in [0.3, 0.4) is 0 Å². The van der Waals surface area contributed by atoms with Gasteiger partial charge in [0.15, 0.2) is 0 Å². The predicted octanol–water partition coefficient (Wildman–Crippen LogP) is 0.925. The minimum absolute atomic E-state index is 0. The van der Waals surface area contributed by atoms with Gasteiger partial charge in [0.05, 0.1) is 4.90 Å². The monoisotopic (exact) mass is 270 g/mol. The molecule has 0 spiro atoms. The maximum Gasteiger partial charge on any atom is 0.294 e. The van der Waals surface area contributed by atoms with Crippen LogP contribution < -0.4 is 0 Å². The van der Waals surface area contributed by atoms with Gasteiger partial charge in [-0.1, -0.05) is 0 Å². The van der Waals surface area contributed by atoms with Crippen LogP contribution in [0.1, 0.15) is 0 Å². The van der Waals surface area contributed by atoms with E-state index >= 15 is 0 Å². The van der Waals surface area contributed by atoms with Crippen LogP contribution in [0.2, 0.25) is 0 Å². The van der Waals surface area contributed by atoms with Crippen molar-refractivity contribution < 1.29 is 37.6 Å². The number of hydrogen-bond acceptors (Lipinski definition) is 4. The third kappa shape index (κ3) is 3.27. The zero-order valence-corrected chi connectivity index (χ0v) is 11.2. The second-order valence-corrected chi connectivity index (χ2v) is 4.03. The molecule has 0 saturated heterocycles. The number of benzene rings is 1.